The average Bonchev–Trinajstić information content (AvgIpc) is 2.88. The van der Waals surface area contributed by atoms with E-state index in [4.69, 9.17) is 8.92 Å². The Morgan fingerprint density at radius 2 is 1.78 bits per heavy atom. The van der Waals surface area contributed by atoms with Gasteiger partial charge in [-0.25, -0.2) is 0 Å². The molecule has 0 saturated carbocycles. The van der Waals surface area contributed by atoms with Crippen LogP contribution in [0.1, 0.15) is 22.8 Å². The number of amides is 1. The van der Waals surface area contributed by atoms with Crippen LogP contribution in [0.25, 0.3) is 6.08 Å². The number of ether oxygens (including phenoxy) is 1. The van der Waals surface area contributed by atoms with E-state index in [9.17, 15) is 33.4 Å². The highest BCUT2D eigenvalue weighted by molar-refractivity contribution is 7.87. The summed E-state index contributed by atoms with van der Waals surface area (Å²) in [5.41, 5.74) is 0.113. The predicted molar refractivity (Wildman–Crippen MR) is 133 cm³/mol. The van der Waals surface area contributed by atoms with E-state index in [1.165, 1.54) is 50.4 Å². The molecule has 0 fully saturated rings. The summed E-state index contributed by atoms with van der Waals surface area (Å²) in [5, 5.41) is 23.0. The van der Waals surface area contributed by atoms with Crippen LogP contribution in [-0.4, -0.2) is 32.1 Å². The summed E-state index contributed by atoms with van der Waals surface area (Å²) in [6.07, 6.45) is 1.24. The molecule has 0 aliphatic heterocycles. The van der Waals surface area contributed by atoms with Gasteiger partial charge in [0.1, 0.15) is 16.5 Å². The van der Waals surface area contributed by atoms with Crippen LogP contribution in [0.4, 0.5) is 11.4 Å². The zero-order valence-electron chi connectivity index (χ0n) is 19.5. The molecule has 11 nitrogen and oxygen atoms in total. The van der Waals surface area contributed by atoms with Crippen molar-refractivity contribution < 1.29 is 31.9 Å². The first kappa shape index (κ1) is 26.6. The summed E-state index contributed by atoms with van der Waals surface area (Å²) >= 11 is 0. The molecule has 0 aromatic heterocycles. The maximum atomic E-state index is 12.7. The fourth-order valence-corrected chi connectivity index (χ4v) is 4.15. The summed E-state index contributed by atoms with van der Waals surface area (Å²) < 4.78 is 35.6. The second-order valence-electron chi connectivity index (χ2n) is 7.43. The van der Waals surface area contributed by atoms with E-state index in [1.54, 1.807) is 24.3 Å². The third-order valence-electron chi connectivity index (χ3n) is 4.93. The zero-order chi connectivity index (χ0) is 27.2. The number of Topliss-reactive ketones (excluding diaryl/α,β-unsaturated/α-hetero) is 1. The van der Waals surface area contributed by atoms with Gasteiger partial charge in [0.05, 0.1) is 17.7 Å². The van der Waals surface area contributed by atoms with Crippen molar-refractivity contribution in [3.8, 4) is 17.6 Å². The number of ketones is 1. The average molecular weight is 522 g/mol. The Balaban J connectivity index is 1.88. The molecule has 12 heteroatoms. The van der Waals surface area contributed by atoms with Crippen molar-refractivity contribution in [2.75, 3.05) is 12.4 Å². The molecular weight excluding hydrogens is 502 g/mol. The fraction of sp³-hybridized carbons (Fsp3) is 0.0800. The first-order valence-electron chi connectivity index (χ1n) is 10.5. The predicted octanol–water partition coefficient (Wildman–Crippen LogP) is 4.12. The number of para-hydroxylation sites is 1. The molecule has 0 saturated heterocycles. The molecule has 0 spiro atoms. The number of carbonyl (C=O) groups is 2. The quantitative estimate of drug-likeness (QED) is 0.109. The van der Waals surface area contributed by atoms with Crippen molar-refractivity contribution >= 4 is 39.3 Å². The van der Waals surface area contributed by atoms with Gasteiger partial charge in [0.2, 0.25) is 0 Å². The molecule has 3 aromatic carbocycles. The standard InChI is InChI=1S/C25H19N3O8S/c1-16(29)21-8-3-4-9-22(21)27-25(30)18(15-26)12-17-10-11-23(24(13-17)35-2)36-37(33,34)20-7-5-6-19(14-20)28(31)32/h3-14H,1-2H3,(H,27,30)/b18-12-. The number of nitro benzene ring substituents is 1. The molecule has 0 atom stereocenters. The van der Waals surface area contributed by atoms with E-state index in [0.29, 0.717) is 5.56 Å². The van der Waals surface area contributed by atoms with Gasteiger partial charge in [-0.05, 0) is 48.9 Å². The number of rotatable bonds is 9. The number of hydrogen-bond donors (Lipinski definition) is 1. The number of non-ortho nitro benzene ring substituents is 1. The Kier molecular flexibility index (Phi) is 8.01. The monoisotopic (exact) mass is 521 g/mol. The van der Waals surface area contributed by atoms with Gasteiger partial charge in [-0.3, -0.25) is 19.7 Å². The largest absolute Gasteiger partial charge is 0.493 e. The van der Waals surface area contributed by atoms with Gasteiger partial charge in [0, 0.05) is 17.7 Å². The molecule has 0 heterocycles. The summed E-state index contributed by atoms with van der Waals surface area (Å²) in [7, 11) is -3.19. The zero-order valence-corrected chi connectivity index (χ0v) is 20.3. The number of nitrogens with one attached hydrogen (secondary N) is 1. The third kappa shape index (κ3) is 6.36. The Hall–Kier alpha value is -5.02. The van der Waals surface area contributed by atoms with Gasteiger partial charge < -0.3 is 14.2 Å². The lowest BCUT2D eigenvalue weighted by atomic mass is 10.1. The maximum absolute atomic E-state index is 12.7. The maximum Gasteiger partial charge on any atom is 0.339 e. The highest BCUT2D eigenvalue weighted by Gasteiger charge is 2.22. The molecule has 0 aliphatic rings. The molecule has 0 aliphatic carbocycles. The van der Waals surface area contributed by atoms with Gasteiger partial charge in [0.15, 0.2) is 17.3 Å². The minimum absolute atomic E-state index is 0.0395. The molecular formula is C25H19N3O8S. The minimum Gasteiger partial charge on any atom is -0.493 e. The number of nitriles is 1. The molecule has 3 rings (SSSR count). The third-order valence-corrected chi connectivity index (χ3v) is 6.17. The molecule has 37 heavy (non-hydrogen) atoms. The van der Waals surface area contributed by atoms with E-state index in [1.807, 2.05) is 0 Å². The van der Waals surface area contributed by atoms with Gasteiger partial charge >= 0.3 is 10.1 Å². The number of methoxy groups -OCH3 is 1. The lowest BCUT2D eigenvalue weighted by Gasteiger charge is -2.12. The van der Waals surface area contributed by atoms with Gasteiger partial charge in [-0.1, -0.05) is 24.3 Å². The van der Waals surface area contributed by atoms with Crippen LogP contribution in [-0.2, 0) is 14.9 Å². The minimum atomic E-state index is -4.45. The van der Waals surface area contributed by atoms with Crippen LogP contribution in [0.2, 0.25) is 0 Å². The van der Waals surface area contributed by atoms with Gasteiger partial charge in [-0.15, -0.1) is 0 Å². The van der Waals surface area contributed by atoms with E-state index in [2.05, 4.69) is 5.32 Å². The van der Waals surface area contributed by atoms with E-state index < -0.39 is 31.5 Å². The van der Waals surface area contributed by atoms with Crippen LogP contribution in [0.5, 0.6) is 11.5 Å². The van der Waals surface area contributed by atoms with Crippen molar-refractivity contribution in [3.05, 3.63) is 93.5 Å². The summed E-state index contributed by atoms with van der Waals surface area (Å²) in [6.45, 7) is 1.35. The highest BCUT2D eigenvalue weighted by atomic mass is 32.2. The first-order chi connectivity index (χ1) is 17.6. The van der Waals surface area contributed by atoms with Crippen LogP contribution >= 0.6 is 0 Å². The fourth-order valence-electron chi connectivity index (χ4n) is 3.17. The number of benzene rings is 3. The SMILES string of the molecule is COc1cc(/C=C(/C#N)C(=O)Nc2ccccc2C(C)=O)ccc1OS(=O)(=O)c1cccc([N+](=O)[O-])c1. The second kappa shape index (κ2) is 11.1. The molecule has 3 aromatic rings. The Morgan fingerprint density at radius 3 is 2.43 bits per heavy atom. The number of hydrogen-bond acceptors (Lipinski definition) is 9. The van der Waals surface area contributed by atoms with Crippen molar-refractivity contribution in [1.29, 1.82) is 5.26 Å². The molecule has 188 valence electrons. The van der Waals surface area contributed by atoms with Crippen LogP contribution < -0.4 is 14.2 Å². The van der Waals surface area contributed by atoms with Gasteiger partial charge in [-0.2, -0.15) is 13.7 Å². The Bertz CT molecular complexity index is 1570. The second-order valence-corrected chi connectivity index (χ2v) is 8.97. The highest BCUT2D eigenvalue weighted by Crippen LogP contribution is 2.32. The Labute approximate surface area is 211 Å². The molecule has 0 radical (unpaired) electrons. The molecule has 1 N–H and O–H groups in total. The molecule has 1 amide bonds. The first-order valence-corrected chi connectivity index (χ1v) is 11.9. The number of nitrogens with zero attached hydrogens (tertiary/aromatic N) is 2. The summed E-state index contributed by atoms with van der Waals surface area (Å²) in [5.74, 6) is -1.28. The van der Waals surface area contributed by atoms with Gasteiger partial charge in [0.25, 0.3) is 11.6 Å². The lowest BCUT2D eigenvalue weighted by Crippen LogP contribution is -2.15. The van der Waals surface area contributed by atoms with E-state index in [0.717, 1.165) is 18.2 Å². The summed E-state index contributed by atoms with van der Waals surface area (Å²) in [4.78, 5) is 34.3. The van der Waals surface area contributed by atoms with Crippen molar-refractivity contribution in [3.63, 3.8) is 0 Å². The number of carbonyl (C=O) groups excluding carboxylic acids is 2. The summed E-state index contributed by atoms with van der Waals surface area (Å²) in [6, 6.07) is 16.5. The normalized spacial score (nSPS) is 11.2. The molecule has 0 bridgehead atoms. The van der Waals surface area contributed by atoms with E-state index in [-0.39, 0.29) is 34.1 Å². The number of anilines is 1. The van der Waals surface area contributed by atoms with E-state index >= 15 is 0 Å². The van der Waals surface area contributed by atoms with Crippen LogP contribution in [0, 0.1) is 21.4 Å². The molecule has 0 unspecified atom stereocenters. The van der Waals surface area contributed by atoms with Crippen molar-refractivity contribution in [1.82, 2.24) is 0 Å². The topological polar surface area (TPSA) is 166 Å². The lowest BCUT2D eigenvalue weighted by molar-refractivity contribution is -0.385. The smallest absolute Gasteiger partial charge is 0.339 e. The van der Waals surface area contributed by atoms with Crippen molar-refractivity contribution in [2.24, 2.45) is 0 Å². The van der Waals surface area contributed by atoms with Crippen LogP contribution in [0.15, 0.2) is 77.2 Å². The Morgan fingerprint density at radius 1 is 1.05 bits per heavy atom. The van der Waals surface area contributed by atoms with Crippen LogP contribution in [0.3, 0.4) is 0 Å². The van der Waals surface area contributed by atoms with Crippen molar-refractivity contribution in [2.45, 2.75) is 11.8 Å². The number of nitro groups is 1.